The average Bonchev–Trinajstić information content (AvgIpc) is 3.22. The molecule has 8 heteroatoms. The fourth-order valence-electron chi connectivity index (χ4n) is 2.12. The second kappa shape index (κ2) is 5.34. The van der Waals surface area contributed by atoms with Crippen LogP contribution in [0.15, 0.2) is 12.3 Å². The number of rotatable bonds is 5. The molecule has 108 valence electrons. The minimum atomic E-state index is -0.658. The van der Waals surface area contributed by atoms with Gasteiger partial charge in [0.25, 0.3) is 11.6 Å². The number of nitrogens with two attached hydrogens (primary N) is 1. The van der Waals surface area contributed by atoms with Crippen LogP contribution in [0.4, 0.5) is 5.69 Å². The van der Waals surface area contributed by atoms with Crippen LogP contribution >= 0.6 is 11.6 Å². The molecule has 20 heavy (non-hydrogen) atoms. The third kappa shape index (κ3) is 2.88. The van der Waals surface area contributed by atoms with Gasteiger partial charge in [-0.05, 0) is 31.7 Å². The van der Waals surface area contributed by atoms with E-state index in [-0.39, 0.29) is 22.9 Å². The van der Waals surface area contributed by atoms with E-state index < -0.39 is 16.4 Å². The number of amides is 1. The number of pyridine rings is 1. The topological polar surface area (TPSA) is 111 Å². The largest absolute Gasteiger partial charge is 0.345 e. The lowest BCUT2D eigenvalue weighted by molar-refractivity contribution is -0.385. The number of hydrogen-bond acceptors (Lipinski definition) is 5. The molecule has 1 heterocycles. The van der Waals surface area contributed by atoms with E-state index in [1.165, 1.54) is 6.07 Å². The zero-order valence-corrected chi connectivity index (χ0v) is 11.7. The molecule has 1 aromatic heterocycles. The van der Waals surface area contributed by atoms with Crippen molar-refractivity contribution in [2.45, 2.75) is 25.3 Å². The molecule has 1 amide bonds. The highest BCUT2D eigenvalue weighted by atomic mass is 35.5. The van der Waals surface area contributed by atoms with Crippen molar-refractivity contribution in [2.24, 2.45) is 11.7 Å². The van der Waals surface area contributed by atoms with Crippen molar-refractivity contribution < 1.29 is 9.72 Å². The summed E-state index contributed by atoms with van der Waals surface area (Å²) >= 11 is 5.71. The van der Waals surface area contributed by atoms with E-state index in [9.17, 15) is 14.9 Å². The van der Waals surface area contributed by atoms with Crippen molar-refractivity contribution in [3.63, 3.8) is 0 Å². The molecule has 2 rings (SSSR count). The fourth-order valence-corrected chi connectivity index (χ4v) is 2.27. The van der Waals surface area contributed by atoms with Gasteiger partial charge >= 0.3 is 0 Å². The summed E-state index contributed by atoms with van der Waals surface area (Å²) in [6.07, 6.45) is 2.97. The Morgan fingerprint density at radius 1 is 1.70 bits per heavy atom. The molecule has 0 saturated heterocycles. The number of nitro groups is 1. The van der Waals surface area contributed by atoms with Gasteiger partial charge < -0.3 is 11.1 Å². The lowest BCUT2D eigenvalue weighted by Crippen LogP contribution is -2.53. The first-order valence-electron chi connectivity index (χ1n) is 6.20. The van der Waals surface area contributed by atoms with Gasteiger partial charge in [0.05, 0.1) is 10.5 Å². The number of nitrogens with zero attached hydrogens (tertiary/aromatic N) is 2. The van der Waals surface area contributed by atoms with Crippen LogP contribution in [0.1, 0.15) is 30.1 Å². The SMILES string of the molecule is CC(CN)(NC(=O)c1cc(Cl)ncc1[N+](=O)[O-])C1CC1. The van der Waals surface area contributed by atoms with Crippen LogP contribution in [0, 0.1) is 16.0 Å². The highest BCUT2D eigenvalue weighted by molar-refractivity contribution is 6.29. The number of halogens is 1. The maximum absolute atomic E-state index is 12.3. The normalized spacial score (nSPS) is 17.4. The predicted molar refractivity (Wildman–Crippen MR) is 73.6 cm³/mol. The van der Waals surface area contributed by atoms with Crippen molar-refractivity contribution in [3.8, 4) is 0 Å². The molecule has 1 atom stereocenters. The first-order chi connectivity index (χ1) is 9.37. The van der Waals surface area contributed by atoms with Gasteiger partial charge in [-0.25, -0.2) is 4.98 Å². The van der Waals surface area contributed by atoms with Crippen LogP contribution in [0.3, 0.4) is 0 Å². The highest BCUT2D eigenvalue weighted by Crippen LogP contribution is 2.39. The minimum absolute atomic E-state index is 0.0293. The summed E-state index contributed by atoms with van der Waals surface area (Å²) in [6.45, 7) is 2.12. The first kappa shape index (κ1) is 14.7. The van der Waals surface area contributed by atoms with Crippen LogP contribution < -0.4 is 11.1 Å². The van der Waals surface area contributed by atoms with Crippen LogP contribution in [-0.4, -0.2) is 27.9 Å². The Balaban J connectivity index is 2.28. The van der Waals surface area contributed by atoms with Gasteiger partial charge in [0.2, 0.25) is 0 Å². The minimum Gasteiger partial charge on any atom is -0.345 e. The average molecular weight is 299 g/mol. The van der Waals surface area contributed by atoms with E-state index in [2.05, 4.69) is 10.3 Å². The highest BCUT2D eigenvalue weighted by Gasteiger charge is 2.42. The number of hydrogen-bond donors (Lipinski definition) is 2. The molecule has 1 fully saturated rings. The molecule has 1 aliphatic carbocycles. The summed E-state index contributed by atoms with van der Waals surface area (Å²) in [5.74, 6) is -0.242. The Labute approximate surface area is 120 Å². The molecule has 1 unspecified atom stereocenters. The lowest BCUT2D eigenvalue weighted by atomic mass is 9.95. The van der Waals surface area contributed by atoms with E-state index >= 15 is 0 Å². The summed E-state index contributed by atoms with van der Waals surface area (Å²) in [5.41, 5.74) is 4.69. The Kier molecular flexibility index (Phi) is 3.92. The third-order valence-electron chi connectivity index (χ3n) is 3.59. The molecular weight excluding hydrogens is 284 g/mol. The van der Waals surface area contributed by atoms with Gasteiger partial charge in [0.1, 0.15) is 16.9 Å². The second-order valence-electron chi connectivity index (χ2n) is 5.13. The van der Waals surface area contributed by atoms with Crippen molar-refractivity contribution >= 4 is 23.2 Å². The van der Waals surface area contributed by atoms with Crippen molar-refractivity contribution in [2.75, 3.05) is 6.54 Å². The maximum Gasteiger partial charge on any atom is 0.300 e. The molecule has 7 nitrogen and oxygen atoms in total. The molecule has 0 bridgehead atoms. The Bertz CT molecular complexity index is 562. The van der Waals surface area contributed by atoms with Crippen LogP contribution in [0.25, 0.3) is 0 Å². The zero-order chi connectivity index (χ0) is 14.9. The van der Waals surface area contributed by atoms with Gasteiger partial charge in [-0.2, -0.15) is 0 Å². The van der Waals surface area contributed by atoms with Crippen molar-refractivity contribution in [1.29, 1.82) is 0 Å². The summed E-state index contributed by atoms with van der Waals surface area (Å²) in [6, 6.07) is 1.19. The van der Waals surface area contributed by atoms with Gasteiger partial charge in [-0.1, -0.05) is 11.6 Å². The molecule has 1 aliphatic rings. The zero-order valence-electron chi connectivity index (χ0n) is 10.9. The molecule has 0 aliphatic heterocycles. The standard InChI is InChI=1S/C12H15ClN4O3/c1-12(6-14,7-2-3-7)16-11(18)8-4-10(13)15-5-9(8)17(19)20/h4-5,7H,2-3,6,14H2,1H3,(H,16,18). The monoisotopic (exact) mass is 298 g/mol. The molecule has 1 aromatic rings. The summed E-state index contributed by atoms with van der Waals surface area (Å²) < 4.78 is 0. The van der Waals surface area contributed by atoms with Crippen molar-refractivity contribution in [3.05, 3.63) is 33.1 Å². The van der Waals surface area contributed by atoms with Crippen molar-refractivity contribution in [1.82, 2.24) is 10.3 Å². The number of aromatic nitrogens is 1. The molecule has 3 N–H and O–H groups in total. The number of nitrogens with one attached hydrogen (secondary N) is 1. The quantitative estimate of drug-likeness (QED) is 0.486. The molecule has 0 aromatic carbocycles. The molecule has 0 spiro atoms. The maximum atomic E-state index is 12.3. The summed E-state index contributed by atoms with van der Waals surface area (Å²) in [5, 5.41) is 13.8. The summed E-state index contributed by atoms with van der Waals surface area (Å²) in [4.78, 5) is 26.2. The molecule has 0 radical (unpaired) electrons. The van der Waals surface area contributed by atoms with Crippen LogP contribution in [0.5, 0.6) is 0 Å². The third-order valence-corrected chi connectivity index (χ3v) is 3.80. The number of carbonyl (C=O) groups is 1. The van der Waals surface area contributed by atoms with Gasteiger partial charge in [0.15, 0.2) is 0 Å². The summed E-state index contributed by atoms with van der Waals surface area (Å²) in [7, 11) is 0. The Morgan fingerprint density at radius 2 is 2.35 bits per heavy atom. The van der Waals surface area contributed by atoms with Gasteiger partial charge in [-0.3, -0.25) is 14.9 Å². The van der Waals surface area contributed by atoms with E-state index in [4.69, 9.17) is 17.3 Å². The molecular formula is C12H15ClN4O3. The lowest BCUT2D eigenvalue weighted by Gasteiger charge is -2.29. The fraction of sp³-hybridized carbons (Fsp3) is 0.500. The number of carbonyl (C=O) groups excluding carboxylic acids is 1. The van der Waals surface area contributed by atoms with E-state index in [1.807, 2.05) is 6.92 Å². The smallest absolute Gasteiger partial charge is 0.300 e. The molecule has 1 saturated carbocycles. The van der Waals surface area contributed by atoms with Gasteiger partial charge in [0, 0.05) is 6.54 Å². The van der Waals surface area contributed by atoms with E-state index in [1.54, 1.807) is 0 Å². The van der Waals surface area contributed by atoms with Gasteiger partial charge in [-0.15, -0.1) is 0 Å². The first-order valence-corrected chi connectivity index (χ1v) is 6.57. The van der Waals surface area contributed by atoms with E-state index in [0.29, 0.717) is 5.92 Å². The van der Waals surface area contributed by atoms with Crippen LogP contribution in [0.2, 0.25) is 5.15 Å². The van der Waals surface area contributed by atoms with Crippen LogP contribution in [-0.2, 0) is 0 Å². The Morgan fingerprint density at radius 3 is 2.85 bits per heavy atom. The Hall–Kier alpha value is -1.73. The predicted octanol–water partition coefficient (Wildman–Crippen LogP) is 1.50. The second-order valence-corrected chi connectivity index (χ2v) is 5.52. The van der Waals surface area contributed by atoms with E-state index in [0.717, 1.165) is 19.0 Å².